The monoisotopic (exact) mass is 338 g/mol. The topological polar surface area (TPSA) is 64.7 Å². The molecule has 2 heterocycles. The molecule has 0 spiro atoms. The van der Waals surface area contributed by atoms with Gasteiger partial charge in [-0.25, -0.2) is 4.79 Å². The Kier molecular flexibility index (Phi) is 4.11. The minimum absolute atomic E-state index is 0.0304. The maximum Gasteiger partial charge on any atom is 0.420 e. The third-order valence-electron chi connectivity index (χ3n) is 4.46. The smallest absolute Gasteiger partial charge is 0.408 e. The van der Waals surface area contributed by atoms with Gasteiger partial charge < -0.3 is 14.1 Å². The van der Waals surface area contributed by atoms with Gasteiger partial charge in [-0.2, -0.15) is 0 Å². The zero-order valence-electron chi connectivity index (χ0n) is 13.6. The summed E-state index contributed by atoms with van der Waals surface area (Å²) in [4.78, 5) is 26.5. The zero-order valence-corrected chi connectivity index (χ0v) is 13.6. The van der Waals surface area contributed by atoms with Crippen LogP contribution in [-0.2, 0) is 16.1 Å². The number of oxazole rings is 1. The number of carbonyl (C=O) groups excluding carboxylic acids is 1. The highest BCUT2D eigenvalue weighted by Gasteiger charge is 2.26. The number of ether oxygens (including phenoxy) is 1. The molecule has 1 aliphatic rings. The lowest BCUT2D eigenvalue weighted by Crippen LogP contribution is -2.44. The summed E-state index contributed by atoms with van der Waals surface area (Å²) in [7, 11) is 0. The van der Waals surface area contributed by atoms with Crippen LogP contribution >= 0.6 is 0 Å². The average Bonchev–Trinajstić information content (AvgIpc) is 2.98. The molecule has 25 heavy (non-hydrogen) atoms. The zero-order chi connectivity index (χ0) is 17.2. The molecule has 1 amide bonds. The number of nitrogens with zero attached hydrogens (tertiary/aromatic N) is 2. The molecule has 6 nitrogen and oxygen atoms in total. The Morgan fingerprint density at radius 1 is 1.08 bits per heavy atom. The molecular weight excluding hydrogens is 320 g/mol. The van der Waals surface area contributed by atoms with E-state index in [0.717, 1.165) is 5.56 Å². The van der Waals surface area contributed by atoms with E-state index in [4.69, 9.17) is 9.15 Å². The number of morpholine rings is 1. The number of para-hydroxylation sites is 2. The van der Waals surface area contributed by atoms with Crippen molar-refractivity contribution in [1.82, 2.24) is 9.47 Å². The predicted molar refractivity (Wildman–Crippen MR) is 92.2 cm³/mol. The third-order valence-corrected chi connectivity index (χ3v) is 4.46. The lowest BCUT2D eigenvalue weighted by molar-refractivity contribution is -0.139. The molecule has 0 radical (unpaired) electrons. The second-order valence-corrected chi connectivity index (χ2v) is 6.03. The fraction of sp³-hybridized carbons (Fsp3) is 0.263. The van der Waals surface area contributed by atoms with Gasteiger partial charge in [0.1, 0.15) is 12.6 Å². The summed E-state index contributed by atoms with van der Waals surface area (Å²) in [6.07, 6.45) is -0.142. The van der Waals surface area contributed by atoms with Crippen molar-refractivity contribution < 1.29 is 13.9 Å². The van der Waals surface area contributed by atoms with Gasteiger partial charge in [0.05, 0.1) is 18.7 Å². The van der Waals surface area contributed by atoms with Crippen molar-refractivity contribution in [2.75, 3.05) is 19.7 Å². The van der Waals surface area contributed by atoms with Crippen molar-refractivity contribution in [3.63, 3.8) is 0 Å². The van der Waals surface area contributed by atoms with Crippen molar-refractivity contribution >= 4 is 17.0 Å². The average molecular weight is 338 g/mol. The summed E-state index contributed by atoms with van der Waals surface area (Å²) < 4.78 is 12.4. The molecule has 1 aliphatic heterocycles. The molecule has 0 N–H and O–H groups in total. The van der Waals surface area contributed by atoms with Crippen LogP contribution in [0.15, 0.2) is 63.8 Å². The number of amides is 1. The number of rotatable bonds is 3. The van der Waals surface area contributed by atoms with E-state index in [1.165, 1.54) is 4.57 Å². The summed E-state index contributed by atoms with van der Waals surface area (Å²) >= 11 is 0. The van der Waals surface area contributed by atoms with Crippen molar-refractivity contribution in [2.24, 2.45) is 0 Å². The summed E-state index contributed by atoms with van der Waals surface area (Å²) in [5, 5.41) is 0. The minimum Gasteiger partial charge on any atom is -0.408 e. The number of hydrogen-bond acceptors (Lipinski definition) is 4. The molecule has 1 saturated heterocycles. The lowest BCUT2D eigenvalue weighted by Gasteiger charge is -2.33. The van der Waals surface area contributed by atoms with E-state index >= 15 is 0 Å². The van der Waals surface area contributed by atoms with Crippen LogP contribution in [0, 0.1) is 0 Å². The van der Waals surface area contributed by atoms with E-state index in [1.54, 1.807) is 23.1 Å². The molecule has 1 atom stereocenters. The Labute approximate surface area is 144 Å². The van der Waals surface area contributed by atoms with Crippen LogP contribution in [0.3, 0.4) is 0 Å². The summed E-state index contributed by atoms with van der Waals surface area (Å²) in [5.74, 6) is -0.625. The summed E-state index contributed by atoms with van der Waals surface area (Å²) in [5.41, 5.74) is 2.17. The van der Waals surface area contributed by atoms with E-state index < -0.39 is 5.76 Å². The SMILES string of the molecule is O=C(Cn1c(=O)oc2ccccc21)N1CCOC(c2ccccc2)C1. The highest BCUT2D eigenvalue weighted by molar-refractivity contribution is 5.79. The van der Waals surface area contributed by atoms with Crippen molar-refractivity contribution in [3.8, 4) is 0 Å². The van der Waals surface area contributed by atoms with Gasteiger partial charge in [-0.15, -0.1) is 0 Å². The van der Waals surface area contributed by atoms with Gasteiger partial charge in [-0.3, -0.25) is 9.36 Å². The van der Waals surface area contributed by atoms with Crippen molar-refractivity contribution in [2.45, 2.75) is 12.6 Å². The molecule has 0 aliphatic carbocycles. The van der Waals surface area contributed by atoms with E-state index in [9.17, 15) is 9.59 Å². The first-order valence-corrected chi connectivity index (χ1v) is 8.25. The molecular formula is C19H18N2O4. The van der Waals surface area contributed by atoms with Crippen LogP contribution in [-0.4, -0.2) is 35.1 Å². The van der Waals surface area contributed by atoms with Crippen molar-refractivity contribution in [3.05, 3.63) is 70.7 Å². The standard InChI is InChI=1S/C19H18N2O4/c22-18(13-21-15-8-4-5-9-16(15)25-19(21)23)20-10-11-24-17(12-20)14-6-2-1-3-7-14/h1-9,17H,10-13H2. The number of aromatic nitrogens is 1. The van der Waals surface area contributed by atoms with Gasteiger partial charge in [0.15, 0.2) is 5.58 Å². The van der Waals surface area contributed by atoms with E-state index in [-0.39, 0.29) is 18.6 Å². The number of carbonyl (C=O) groups is 1. The van der Waals surface area contributed by atoms with Crippen LogP contribution in [0.25, 0.3) is 11.1 Å². The van der Waals surface area contributed by atoms with Crippen molar-refractivity contribution in [1.29, 1.82) is 0 Å². The molecule has 6 heteroatoms. The molecule has 4 rings (SSSR count). The molecule has 1 fully saturated rings. The van der Waals surface area contributed by atoms with Gasteiger partial charge in [-0.1, -0.05) is 42.5 Å². The highest BCUT2D eigenvalue weighted by atomic mass is 16.5. The summed E-state index contributed by atoms with van der Waals surface area (Å²) in [6.45, 7) is 1.45. The third kappa shape index (κ3) is 3.08. The molecule has 1 aromatic heterocycles. The van der Waals surface area contributed by atoms with E-state index in [0.29, 0.717) is 30.8 Å². The van der Waals surface area contributed by atoms with Crippen LogP contribution in [0.1, 0.15) is 11.7 Å². The van der Waals surface area contributed by atoms with Gasteiger partial charge in [0.25, 0.3) is 0 Å². The predicted octanol–water partition coefficient (Wildman–Crippen LogP) is 2.19. The largest absolute Gasteiger partial charge is 0.420 e. The Hall–Kier alpha value is -2.86. The van der Waals surface area contributed by atoms with E-state index in [2.05, 4.69) is 0 Å². The van der Waals surface area contributed by atoms with Gasteiger partial charge >= 0.3 is 5.76 Å². The molecule has 0 bridgehead atoms. The van der Waals surface area contributed by atoms with Crippen LogP contribution in [0.2, 0.25) is 0 Å². The first-order chi connectivity index (χ1) is 12.2. The van der Waals surface area contributed by atoms with E-state index in [1.807, 2.05) is 36.4 Å². The molecule has 0 saturated carbocycles. The number of fused-ring (bicyclic) bond motifs is 1. The lowest BCUT2D eigenvalue weighted by atomic mass is 10.1. The minimum atomic E-state index is -0.512. The highest BCUT2D eigenvalue weighted by Crippen LogP contribution is 2.22. The normalized spacial score (nSPS) is 17.8. The number of benzene rings is 2. The Balaban J connectivity index is 1.52. The Bertz CT molecular complexity index is 945. The fourth-order valence-corrected chi connectivity index (χ4v) is 3.14. The van der Waals surface area contributed by atoms with Crippen LogP contribution in [0.5, 0.6) is 0 Å². The maximum absolute atomic E-state index is 12.7. The second kappa shape index (κ2) is 6.57. The Morgan fingerprint density at radius 2 is 1.84 bits per heavy atom. The number of hydrogen-bond donors (Lipinski definition) is 0. The molecule has 2 aromatic carbocycles. The molecule has 3 aromatic rings. The van der Waals surface area contributed by atoms with Crippen LogP contribution in [0.4, 0.5) is 0 Å². The quantitative estimate of drug-likeness (QED) is 0.734. The second-order valence-electron chi connectivity index (χ2n) is 6.03. The molecule has 1 unspecified atom stereocenters. The molecule has 128 valence electrons. The Morgan fingerprint density at radius 3 is 2.68 bits per heavy atom. The first-order valence-electron chi connectivity index (χ1n) is 8.25. The van der Waals surface area contributed by atoms with Gasteiger partial charge in [-0.05, 0) is 17.7 Å². The maximum atomic E-state index is 12.7. The first kappa shape index (κ1) is 15.7. The van der Waals surface area contributed by atoms with Crippen LogP contribution < -0.4 is 5.76 Å². The van der Waals surface area contributed by atoms with Gasteiger partial charge in [0, 0.05) is 6.54 Å². The fourth-order valence-electron chi connectivity index (χ4n) is 3.14. The summed E-state index contributed by atoms with van der Waals surface area (Å²) in [6, 6.07) is 17.0. The van der Waals surface area contributed by atoms with Gasteiger partial charge in [0.2, 0.25) is 5.91 Å².